The largest absolute Gasteiger partial charge is 0.480 e. The summed E-state index contributed by atoms with van der Waals surface area (Å²) in [5.74, 6) is -0.216. The highest BCUT2D eigenvalue weighted by Crippen LogP contribution is 2.10. The molecule has 0 fully saturated rings. The van der Waals surface area contributed by atoms with E-state index in [0.29, 0.717) is 18.9 Å². The van der Waals surface area contributed by atoms with Gasteiger partial charge in [0.25, 0.3) is 0 Å². The van der Waals surface area contributed by atoms with Gasteiger partial charge in [-0.15, -0.1) is 6.58 Å². The van der Waals surface area contributed by atoms with Gasteiger partial charge < -0.3 is 5.11 Å². The van der Waals surface area contributed by atoms with Crippen LogP contribution >= 0.6 is 0 Å². The van der Waals surface area contributed by atoms with Gasteiger partial charge in [-0.2, -0.15) is 0 Å². The number of hydrogen-bond acceptors (Lipinski definition) is 4. The van der Waals surface area contributed by atoms with E-state index in [4.69, 9.17) is 5.11 Å². The summed E-state index contributed by atoms with van der Waals surface area (Å²) in [6.45, 7) is 8.49. The summed E-state index contributed by atoms with van der Waals surface area (Å²) in [5, 5.41) is 8.89. The fourth-order valence-corrected chi connectivity index (χ4v) is 2.18. The van der Waals surface area contributed by atoms with E-state index >= 15 is 0 Å². The standard InChI is InChI=1S/C14H18N4O2/c1-4-5-17(9-13(19)20)7-12-8-18-11(3)6-10(2)15-14(18)16-12/h4,6,8H,1,5,7,9H2,2-3H3,(H,19,20). The SMILES string of the molecule is C=CCN(CC(=O)O)Cc1cn2c(C)cc(C)nc2n1. The lowest BCUT2D eigenvalue weighted by Crippen LogP contribution is -2.29. The van der Waals surface area contributed by atoms with Gasteiger partial charge in [0, 0.05) is 30.7 Å². The second kappa shape index (κ2) is 5.83. The monoisotopic (exact) mass is 274 g/mol. The number of carbonyl (C=O) groups is 1. The van der Waals surface area contributed by atoms with E-state index in [-0.39, 0.29) is 6.54 Å². The molecule has 2 heterocycles. The molecule has 0 saturated carbocycles. The van der Waals surface area contributed by atoms with Crippen LogP contribution in [-0.2, 0) is 11.3 Å². The molecule has 20 heavy (non-hydrogen) atoms. The molecule has 2 aromatic rings. The van der Waals surface area contributed by atoms with Crippen LogP contribution in [0.15, 0.2) is 24.9 Å². The molecular formula is C14H18N4O2. The van der Waals surface area contributed by atoms with Crippen LogP contribution in [0.2, 0.25) is 0 Å². The molecule has 0 aromatic carbocycles. The van der Waals surface area contributed by atoms with Crippen LogP contribution in [0.5, 0.6) is 0 Å². The molecule has 6 heteroatoms. The Hall–Kier alpha value is -2.21. The van der Waals surface area contributed by atoms with Crippen molar-refractivity contribution in [1.82, 2.24) is 19.3 Å². The molecular weight excluding hydrogens is 256 g/mol. The molecule has 0 unspecified atom stereocenters. The lowest BCUT2D eigenvalue weighted by Gasteiger charge is -2.16. The molecule has 2 rings (SSSR count). The van der Waals surface area contributed by atoms with Gasteiger partial charge in [0.05, 0.1) is 12.2 Å². The van der Waals surface area contributed by atoms with Gasteiger partial charge in [-0.05, 0) is 19.9 Å². The maximum Gasteiger partial charge on any atom is 0.317 e. The summed E-state index contributed by atoms with van der Waals surface area (Å²) in [4.78, 5) is 21.4. The molecule has 2 aromatic heterocycles. The molecule has 0 aliphatic heterocycles. The van der Waals surface area contributed by atoms with Crippen LogP contribution in [0.25, 0.3) is 5.78 Å². The van der Waals surface area contributed by atoms with E-state index < -0.39 is 5.97 Å². The second-order valence-corrected chi connectivity index (χ2v) is 4.79. The van der Waals surface area contributed by atoms with Gasteiger partial charge in [0.2, 0.25) is 5.78 Å². The lowest BCUT2D eigenvalue weighted by molar-refractivity contribution is -0.138. The van der Waals surface area contributed by atoms with E-state index in [1.807, 2.05) is 30.5 Å². The van der Waals surface area contributed by atoms with Crippen molar-refractivity contribution in [2.75, 3.05) is 13.1 Å². The minimum absolute atomic E-state index is 0.0364. The van der Waals surface area contributed by atoms with Crippen molar-refractivity contribution in [2.45, 2.75) is 20.4 Å². The Labute approximate surface area is 117 Å². The first kappa shape index (κ1) is 14.2. The summed E-state index contributed by atoms with van der Waals surface area (Å²) in [6.07, 6.45) is 3.58. The fourth-order valence-electron chi connectivity index (χ4n) is 2.18. The quantitative estimate of drug-likeness (QED) is 0.807. The molecule has 0 bridgehead atoms. The highest BCUT2D eigenvalue weighted by molar-refractivity contribution is 5.69. The molecule has 0 atom stereocenters. The average molecular weight is 274 g/mol. The van der Waals surface area contributed by atoms with Crippen molar-refractivity contribution < 1.29 is 9.90 Å². The first-order valence-electron chi connectivity index (χ1n) is 6.37. The van der Waals surface area contributed by atoms with Gasteiger partial charge in [0.15, 0.2) is 0 Å². The van der Waals surface area contributed by atoms with Crippen molar-refractivity contribution in [3.05, 3.63) is 42.0 Å². The third-order valence-electron chi connectivity index (χ3n) is 2.94. The zero-order chi connectivity index (χ0) is 14.7. The number of aryl methyl sites for hydroxylation is 2. The Morgan fingerprint density at radius 2 is 2.25 bits per heavy atom. The lowest BCUT2D eigenvalue weighted by atomic mass is 10.3. The number of aliphatic carboxylic acids is 1. The highest BCUT2D eigenvalue weighted by Gasteiger charge is 2.12. The number of carboxylic acid groups (broad SMARTS) is 1. The molecule has 0 aliphatic carbocycles. The van der Waals surface area contributed by atoms with Crippen LogP contribution in [-0.4, -0.2) is 43.4 Å². The van der Waals surface area contributed by atoms with E-state index in [0.717, 1.165) is 17.1 Å². The minimum atomic E-state index is -0.860. The summed E-state index contributed by atoms with van der Waals surface area (Å²) in [6, 6.07) is 1.98. The summed E-state index contributed by atoms with van der Waals surface area (Å²) < 4.78 is 1.91. The predicted octanol–water partition coefficient (Wildman–Crippen LogP) is 1.42. The van der Waals surface area contributed by atoms with Gasteiger partial charge in [0.1, 0.15) is 0 Å². The fraction of sp³-hybridized carbons (Fsp3) is 0.357. The Morgan fingerprint density at radius 1 is 1.50 bits per heavy atom. The number of nitrogens with zero attached hydrogens (tertiary/aromatic N) is 4. The topological polar surface area (TPSA) is 70.7 Å². The highest BCUT2D eigenvalue weighted by atomic mass is 16.4. The predicted molar refractivity (Wildman–Crippen MR) is 75.6 cm³/mol. The summed E-state index contributed by atoms with van der Waals surface area (Å²) in [5.41, 5.74) is 2.77. The smallest absolute Gasteiger partial charge is 0.317 e. The molecule has 0 radical (unpaired) electrons. The first-order chi connectivity index (χ1) is 9.49. The molecule has 0 aliphatic rings. The van der Waals surface area contributed by atoms with Crippen LogP contribution < -0.4 is 0 Å². The normalized spacial score (nSPS) is 11.2. The van der Waals surface area contributed by atoms with Crippen molar-refractivity contribution >= 4 is 11.7 Å². The number of rotatable bonds is 6. The number of fused-ring (bicyclic) bond motifs is 1. The zero-order valence-electron chi connectivity index (χ0n) is 11.7. The van der Waals surface area contributed by atoms with Crippen LogP contribution in [0, 0.1) is 13.8 Å². The van der Waals surface area contributed by atoms with E-state index in [1.54, 1.807) is 11.0 Å². The van der Waals surface area contributed by atoms with Gasteiger partial charge in [-0.3, -0.25) is 14.1 Å². The third kappa shape index (κ3) is 3.21. The van der Waals surface area contributed by atoms with Gasteiger partial charge >= 0.3 is 5.97 Å². The Bertz CT molecular complexity index is 648. The van der Waals surface area contributed by atoms with E-state index in [1.165, 1.54) is 0 Å². The number of aromatic nitrogens is 3. The molecule has 0 spiro atoms. The minimum Gasteiger partial charge on any atom is -0.480 e. The van der Waals surface area contributed by atoms with Crippen molar-refractivity contribution in [3.8, 4) is 0 Å². The number of carboxylic acids is 1. The Kier molecular flexibility index (Phi) is 4.14. The van der Waals surface area contributed by atoms with Gasteiger partial charge in [-0.25, -0.2) is 9.97 Å². The molecule has 6 nitrogen and oxygen atoms in total. The maximum absolute atomic E-state index is 10.8. The third-order valence-corrected chi connectivity index (χ3v) is 2.94. The number of hydrogen-bond donors (Lipinski definition) is 1. The van der Waals surface area contributed by atoms with Gasteiger partial charge in [-0.1, -0.05) is 6.08 Å². The second-order valence-electron chi connectivity index (χ2n) is 4.79. The first-order valence-corrected chi connectivity index (χ1v) is 6.37. The van der Waals surface area contributed by atoms with Crippen molar-refractivity contribution in [2.24, 2.45) is 0 Å². The molecule has 0 amide bonds. The Balaban J connectivity index is 2.26. The van der Waals surface area contributed by atoms with Crippen LogP contribution in [0.1, 0.15) is 17.1 Å². The van der Waals surface area contributed by atoms with Crippen LogP contribution in [0.3, 0.4) is 0 Å². The van der Waals surface area contributed by atoms with E-state index in [2.05, 4.69) is 16.5 Å². The average Bonchev–Trinajstić information content (AvgIpc) is 2.71. The molecule has 106 valence electrons. The van der Waals surface area contributed by atoms with Crippen molar-refractivity contribution in [3.63, 3.8) is 0 Å². The van der Waals surface area contributed by atoms with Crippen molar-refractivity contribution in [1.29, 1.82) is 0 Å². The summed E-state index contributed by atoms with van der Waals surface area (Å²) >= 11 is 0. The molecule has 0 saturated heterocycles. The molecule has 1 N–H and O–H groups in total. The zero-order valence-corrected chi connectivity index (χ0v) is 11.7. The maximum atomic E-state index is 10.8. The summed E-state index contributed by atoms with van der Waals surface area (Å²) in [7, 11) is 0. The van der Waals surface area contributed by atoms with Crippen LogP contribution in [0.4, 0.5) is 0 Å². The van der Waals surface area contributed by atoms with E-state index in [9.17, 15) is 4.79 Å². The number of imidazole rings is 1. The Morgan fingerprint density at radius 3 is 2.90 bits per heavy atom.